The fraction of sp³-hybridized carbons (Fsp3) is 0.333. The van der Waals surface area contributed by atoms with Gasteiger partial charge in [-0.2, -0.15) is 4.98 Å². The monoisotopic (exact) mass is 586 g/mol. The van der Waals surface area contributed by atoms with Crippen LogP contribution in [0.5, 0.6) is 0 Å². The lowest BCUT2D eigenvalue weighted by molar-refractivity contribution is 0.0152. The number of piperazine rings is 1. The molecule has 4 aromatic rings. The largest absolute Gasteiger partial charge is 0.419 e. The van der Waals surface area contributed by atoms with Gasteiger partial charge < -0.3 is 24.2 Å². The number of halogens is 2. The van der Waals surface area contributed by atoms with Gasteiger partial charge >= 0.3 is 6.03 Å². The summed E-state index contributed by atoms with van der Waals surface area (Å²) >= 11 is 12.2. The van der Waals surface area contributed by atoms with Gasteiger partial charge in [-0.05, 0) is 18.2 Å². The van der Waals surface area contributed by atoms with Crippen molar-refractivity contribution in [2.45, 2.75) is 12.9 Å². The van der Waals surface area contributed by atoms with Crippen molar-refractivity contribution >= 4 is 46.9 Å². The molecule has 0 radical (unpaired) electrons. The maximum atomic E-state index is 13.4. The first-order valence-corrected chi connectivity index (χ1v) is 13.1. The number of aliphatic hydroxyl groups excluding tert-OH is 1. The number of benzene rings is 1. The Kier molecular flexibility index (Phi) is 6.60. The van der Waals surface area contributed by atoms with Crippen LogP contribution in [0.15, 0.2) is 41.3 Å². The molecule has 14 nitrogen and oxygen atoms in total. The van der Waals surface area contributed by atoms with Crippen molar-refractivity contribution in [3.8, 4) is 11.5 Å². The molecule has 40 heavy (non-hydrogen) atoms. The van der Waals surface area contributed by atoms with Gasteiger partial charge in [0.15, 0.2) is 11.5 Å². The minimum Gasteiger partial charge on any atom is -0.419 e. The summed E-state index contributed by atoms with van der Waals surface area (Å²) in [6.45, 7) is 1.84. The summed E-state index contributed by atoms with van der Waals surface area (Å²) in [6, 6.07) is 4.82. The van der Waals surface area contributed by atoms with E-state index in [1.165, 1.54) is 27.7 Å². The second-order valence-corrected chi connectivity index (χ2v) is 10.2. The Hall–Kier alpha value is -4.14. The van der Waals surface area contributed by atoms with Crippen LogP contribution >= 0.6 is 23.2 Å². The van der Waals surface area contributed by atoms with Crippen LogP contribution in [0, 0.1) is 0 Å². The van der Waals surface area contributed by atoms with Crippen LogP contribution in [-0.4, -0.2) is 103 Å². The van der Waals surface area contributed by atoms with Crippen molar-refractivity contribution in [1.82, 2.24) is 39.1 Å². The Balaban J connectivity index is 1.32. The molecule has 2 aliphatic heterocycles. The van der Waals surface area contributed by atoms with E-state index < -0.39 is 12.3 Å². The van der Waals surface area contributed by atoms with Crippen LogP contribution in [0.2, 0.25) is 10.0 Å². The van der Waals surface area contributed by atoms with Gasteiger partial charge in [-0.25, -0.2) is 9.78 Å². The number of aromatic nitrogens is 6. The molecule has 16 heteroatoms. The number of fused-ring (bicyclic) bond motifs is 1. The van der Waals surface area contributed by atoms with Crippen LogP contribution < -0.4 is 9.80 Å². The van der Waals surface area contributed by atoms with Crippen molar-refractivity contribution < 1.29 is 19.1 Å². The van der Waals surface area contributed by atoms with E-state index >= 15 is 0 Å². The molecule has 1 saturated heterocycles. The Morgan fingerprint density at radius 1 is 1.10 bits per heavy atom. The fourth-order valence-electron chi connectivity index (χ4n) is 4.75. The lowest BCUT2D eigenvalue weighted by Crippen LogP contribution is -2.52. The smallest absolute Gasteiger partial charge is 0.329 e. The van der Waals surface area contributed by atoms with Gasteiger partial charge in [0.2, 0.25) is 24.1 Å². The first kappa shape index (κ1) is 26.1. The summed E-state index contributed by atoms with van der Waals surface area (Å²) in [4.78, 5) is 41.3. The number of imidazole rings is 2. The van der Waals surface area contributed by atoms with Crippen molar-refractivity contribution in [1.29, 1.82) is 0 Å². The number of hydrogen-bond acceptors (Lipinski definition) is 10. The standard InChI is InChI=1S/C24H24Cl2N10O4/c1-31-19-18(21(37)32(2)23(31)38)36(12-17-29-30-20(40-17)14-3-4-15(25)16(26)11-14)22(28-19)33-7-9-34(10-8-33)24(39)35-6-5-27-13-35/h3-6,11,13,23,38H,7-10,12H2,1-2H3. The summed E-state index contributed by atoms with van der Waals surface area (Å²) in [6.07, 6.45) is 3.45. The Bertz CT molecular complexity index is 1580. The molecule has 1 aromatic carbocycles. The molecule has 208 valence electrons. The average molecular weight is 587 g/mol. The van der Waals surface area contributed by atoms with Crippen molar-refractivity contribution in [3.05, 3.63) is 58.6 Å². The SMILES string of the molecule is CN1C(=O)c2c(nc(N3CCN(C(=O)n4ccnc4)CC3)n2Cc2nnc(-c3ccc(Cl)c(Cl)c3)o2)N(C)C1O. The maximum absolute atomic E-state index is 13.4. The first-order valence-electron chi connectivity index (χ1n) is 12.3. The van der Waals surface area contributed by atoms with Crippen LogP contribution in [0.25, 0.3) is 11.5 Å². The highest BCUT2D eigenvalue weighted by Gasteiger charge is 2.39. The molecule has 0 bridgehead atoms. The third-order valence-corrected chi connectivity index (χ3v) is 7.70. The van der Waals surface area contributed by atoms with Gasteiger partial charge in [0.1, 0.15) is 12.9 Å². The summed E-state index contributed by atoms with van der Waals surface area (Å²) in [5.74, 6) is 0.883. The molecule has 3 aromatic heterocycles. The highest BCUT2D eigenvalue weighted by Crippen LogP contribution is 2.34. The molecule has 0 saturated carbocycles. The number of carbonyl (C=O) groups excluding carboxylic acids is 2. The number of anilines is 2. The van der Waals surface area contributed by atoms with Gasteiger partial charge in [0, 0.05) is 58.2 Å². The van der Waals surface area contributed by atoms with E-state index in [1.807, 2.05) is 4.90 Å². The van der Waals surface area contributed by atoms with E-state index in [2.05, 4.69) is 15.2 Å². The summed E-state index contributed by atoms with van der Waals surface area (Å²) in [5, 5.41) is 19.7. The Labute approximate surface area is 237 Å². The third kappa shape index (κ3) is 4.43. The van der Waals surface area contributed by atoms with Gasteiger partial charge in [-0.1, -0.05) is 23.2 Å². The molecular weight excluding hydrogens is 563 g/mol. The van der Waals surface area contributed by atoms with E-state index in [0.29, 0.717) is 53.6 Å². The minimum absolute atomic E-state index is 0.0453. The minimum atomic E-state index is -1.18. The normalized spacial score (nSPS) is 17.5. The topological polar surface area (TPSA) is 142 Å². The quantitative estimate of drug-likeness (QED) is 0.377. The van der Waals surface area contributed by atoms with Crippen molar-refractivity contribution in [2.75, 3.05) is 50.1 Å². The predicted octanol–water partition coefficient (Wildman–Crippen LogP) is 2.07. The molecule has 1 unspecified atom stereocenters. The van der Waals surface area contributed by atoms with Gasteiger partial charge in [0.25, 0.3) is 5.91 Å². The zero-order chi connectivity index (χ0) is 28.1. The number of nitrogens with zero attached hydrogens (tertiary/aromatic N) is 10. The van der Waals surface area contributed by atoms with Crippen molar-refractivity contribution in [2.24, 2.45) is 0 Å². The number of carbonyl (C=O) groups is 2. The molecule has 0 spiro atoms. The second kappa shape index (κ2) is 10.1. The van der Waals surface area contributed by atoms with E-state index in [1.54, 1.807) is 47.1 Å². The summed E-state index contributed by atoms with van der Waals surface area (Å²) in [5.41, 5.74) is 0.870. The molecule has 2 aliphatic rings. The van der Waals surface area contributed by atoms with Crippen LogP contribution in [-0.2, 0) is 6.54 Å². The maximum Gasteiger partial charge on any atom is 0.329 e. The van der Waals surface area contributed by atoms with E-state index in [-0.39, 0.29) is 30.1 Å². The second-order valence-electron chi connectivity index (χ2n) is 9.40. The Morgan fingerprint density at radius 3 is 2.58 bits per heavy atom. The number of aliphatic hydroxyl groups is 1. The molecule has 5 heterocycles. The first-order chi connectivity index (χ1) is 19.2. The van der Waals surface area contributed by atoms with Gasteiger partial charge in [-0.15, -0.1) is 10.2 Å². The molecule has 1 fully saturated rings. The van der Waals surface area contributed by atoms with Crippen LogP contribution in [0.1, 0.15) is 16.4 Å². The van der Waals surface area contributed by atoms with E-state index in [9.17, 15) is 14.7 Å². The molecule has 2 amide bonds. The number of amides is 2. The lowest BCUT2D eigenvalue weighted by Gasteiger charge is -2.36. The highest BCUT2D eigenvalue weighted by molar-refractivity contribution is 6.42. The van der Waals surface area contributed by atoms with Gasteiger partial charge in [0.05, 0.1) is 10.0 Å². The number of hydrogen-bond donors (Lipinski definition) is 1. The van der Waals surface area contributed by atoms with Crippen molar-refractivity contribution in [3.63, 3.8) is 0 Å². The van der Waals surface area contributed by atoms with E-state index in [0.717, 1.165) is 0 Å². The summed E-state index contributed by atoms with van der Waals surface area (Å²) < 4.78 is 9.07. The lowest BCUT2D eigenvalue weighted by atomic mass is 10.2. The molecule has 1 N–H and O–H groups in total. The summed E-state index contributed by atoms with van der Waals surface area (Å²) in [7, 11) is 3.17. The predicted molar refractivity (Wildman–Crippen MR) is 144 cm³/mol. The Morgan fingerprint density at radius 2 is 1.88 bits per heavy atom. The molecule has 6 rings (SSSR count). The number of rotatable bonds is 4. The highest BCUT2D eigenvalue weighted by atomic mass is 35.5. The zero-order valence-corrected chi connectivity index (χ0v) is 23.0. The molecule has 0 aliphatic carbocycles. The van der Waals surface area contributed by atoms with Gasteiger partial charge in [-0.3, -0.25) is 18.8 Å². The van der Waals surface area contributed by atoms with Crippen LogP contribution in [0.3, 0.4) is 0 Å². The van der Waals surface area contributed by atoms with E-state index in [4.69, 9.17) is 32.6 Å². The zero-order valence-electron chi connectivity index (χ0n) is 21.5. The molecular formula is C24H24Cl2N10O4. The average Bonchev–Trinajstić information content (AvgIpc) is 3.73. The third-order valence-electron chi connectivity index (χ3n) is 6.96. The van der Waals surface area contributed by atoms with Crippen LogP contribution in [0.4, 0.5) is 16.6 Å². The fourth-order valence-corrected chi connectivity index (χ4v) is 5.05. The molecule has 1 atom stereocenters.